The number of nitrogens with one attached hydrogen (secondary N) is 4. The van der Waals surface area contributed by atoms with Crippen LogP contribution < -0.4 is 27.4 Å². The zero-order valence-corrected chi connectivity index (χ0v) is 27.2. The Kier molecular flexibility index (Phi) is 11.3. The van der Waals surface area contributed by atoms with Crippen LogP contribution in [0.4, 0.5) is 0 Å². The molecule has 0 bridgehead atoms. The number of H-pyrrole nitrogens is 1. The van der Waals surface area contributed by atoms with Crippen molar-refractivity contribution < 1.29 is 14.4 Å². The summed E-state index contributed by atoms with van der Waals surface area (Å²) >= 11 is 7.81. The third-order valence-corrected chi connectivity index (χ3v) is 9.58. The summed E-state index contributed by atoms with van der Waals surface area (Å²) in [6.45, 7) is 0.830. The molecule has 1 aliphatic rings. The zero-order valence-electron chi connectivity index (χ0n) is 25.6. The summed E-state index contributed by atoms with van der Waals surface area (Å²) in [4.78, 5) is 52.2. The van der Waals surface area contributed by atoms with Crippen LogP contribution in [-0.2, 0) is 33.9 Å². The Hall–Kier alpha value is -3.94. The van der Waals surface area contributed by atoms with Gasteiger partial charge < -0.3 is 37.3 Å². The topological polar surface area (TPSA) is 171 Å². The molecule has 2 aromatic heterocycles. The van der Waals surface area contributed by atoms with Gasteiger partial charge in [-0.2, -0.15) is 0 Å². The van der Waals surface area contributed by atoms with Crippen LogP contribution in [0.15, 0.2) is 76.8 Å². The molecule has 0 spiro atoms. The highest BCUT2D eigenvalue weighted by atomic mass is 35.5. The molecule has 3 atom stereocenters. The van der Waals surface area contributed by atoms with Crippen molar-refractivity contribution in [2.45, 2.75) is 60.3 Å². The van der Waals surface area contributed by atoms with E-state index in [1.807, 2.05) is 54.7 Å². The molecule has 0 fully saturated rings. The fourth-order valence-electron chi connectivity index (χ4n) is 5.54. The monoisotopic (exact) mass is 662 g/mol. The SMILES string of the molecule is CN1C(=O)[C@H](CN)NC(=O)[C@H](CCCN)NCc2ccccc2Sc2cnc(Cl)cc2CNC(=O)[C@@H]1Cc1c[nH]c2ccccc12. The molecular formula is C33H39ClN8O3S. The Morgan fingerprint density at radius 2 is 1.76 bits per heavy atom. The number of amides is 3. The third-order valence-electron chi connectivity index (χ3n) is 8.17. The van der Waals surface area contributed by atoms with Gasteiger partial charge in [0.1, 0.15) is 17.2 Å². The summed E-state index contributed by atoms with van der Waals surface area (Å²) in [7, 11) is 1.57. The number of rotatable bonds is 6. The van der Waals surface area contributed by atoms with Gasteiger partial charge in [-0.25, -0.2) is 4.98 Å². The summed E-state index contributed by atoms with van der Waals surface area (Å²) in [5.74, 6) is -1.19. The zero-order chi connectivity index (χ0) is 32.6. The van der Waals surface area contributed by atoms with E-state index in [9.17, 15) is 14.4 Å². The highest BCUT2D eigenvalue weighted by molar-refractivity contribution is 7.99. The number of nitrogens with zero attached hydrogens (tertiary/aromatic N) is 2. The molecule has 242 valence electrons. The normalized spacial score (nSPS) is 20.0. The third kappa shape index (κ3) is 7.88. The average molecular weight is 663 g/mol. The van der Waals surface area contributed by atoms with Crippen LogP contribution in [0.25, 0.3) is 10.9 Å². The molecule has 1 aliphatic heterocycles. The Balaban J connectivity index is 1.54. The van der Waals surface area contributed by atoms with Crippen LogP contribution in [0.2, 0.25) is 5.15 Å². The maximum absolute atomic E-state index is 14.0. The van der Waals surface area contributed by atoms with Crippen molar-refractivity contribution >= 4 is 52.0 Å². The fourth-order valence-corrected chi connectivity index (χ4v) is 6.74. The van der Waals surface area contributed by atoms with E-state index in [0.717, 1.165) is 37.4 Å². The van der Waals surface area contributed by atoms with Crippen molar-refractivity contribution in [1.82, 2.24) is 30.8 Å². The maximum Gasteiger partial charge on any atom is 0.246 e. The summed E-state index contributed by atoms with van der Waals surface area (Å²) < 4.78 is 0. The highest BCUT2D eigenvalue weighted by Crippen LogP contribution is 2.33. The lowest BCUT2D eigenvalue weighted by atomic mass is 10.0. The molecule has 11 nitrogen and oxygen atoms in total. The van der Waals surface area contributed by atoms with Crippen molar-refractivity contribution in [2.75, 3.05) is 20.1 Å². The number of carbonyl (C=O) groups excluding carboxylic acids is 3. The molecule has 3 amide bonds. The van der Waals surface area contributed by atoms with E-state index in [4.69, 9.17) is 23.1 Å². The number of fused-ring (bicyclic) bond motifs is 3. The second-order valence-electron chi connectivity index (χ2n) is 11.2. The van der Waals surface area contributed by atoms with E-state index in [1.165, 1.54) is 16.7 Å². The van der Waals surface area contributed by atoms with E-state index in [2.05, 4.69) is 25.9 Å². The van der Waals surface area contributed by atoms with Gasteiger partial charge in [0.2, 0.25) is 17.7 Å². The van der Waals surface area contributed by atoms with Crippen LogP contribution in [0.3, 0.4) is 0 Å². The number of hydrogen-bond acceptors (Lipinski definition) is 8. The number of aromatic amines is 1. The molecule has 8 N–H and O–H groups in total. The van der Waals surface area contributed by atoms with E-state index >= 15 is 0 Å². The quantitative estimate of drug-likeness (QED) is 0.171. The lowest BCUT2D eigenvalue weighted by molar-refractivity contribution is -0.141. The standard InChI is InChI=1S/C33H39ClN8O3S/c1-42-27(13-21-17-37-24-9-4-3-8-23(21)24)32(44)40-18-22-14-30(34)39-19-29(22)46-28-11-5-2-7-20(28)16-38-25(10-6-12-35)31(43)41-26(15-36)33(42)45/h2-5,7-9,11,14,17,19,25-27,37-38H,6,10,12-13,15-16,18,35-36H2,1H3,(H,40,44)(H,41,43)/t25-,26-,27-/m0/s1. The number of nitrogens with two attached hydrogens (primary N) is 2. The Morgan fingerprint density at radius 1 is 0.978 bits per heavy atom. The van der Waals surface area contributed by atoms with E-state index < -0.39 is 24.0 Å². The van der Waals surface area contributed by atoms with Crippen LogP contribution in [0.5, 0.6) is 0 Å². The predicted molar refractivity (Wildman–Crippen MR) is 180 cm³/mol. The van der Waals surface area contributed by atoms with Gasteiger partial charge in [0.25, 0.3) is 0 Å². The number of hydrogen-bond donors (Lipinski definition) is 6. The van der Waals surface area contributed by atoms with Gasteiger partial charge in [-0.1, -0.05) is 59.8 Å². The Morgan fingerprint density at radius 3 is 2.57 bits per heavy atom. The predicted octanol–water partition coefficient (Wildman–Crippen LogP) is 2.71. The largest absolute Gasteiger partial charge is 0.361 e. The lowest BCUT2D eigenvalue weighted by Gasteiger charge is -2.31. The Labute approximate surface area is 277 Å². The molecule has 46 heavy (non-hydrogen) atoms. The lowest BCUT2D eigenvalue weighted by Crippen LogP contribution is -2.59. The minimum atomic E-state index is -1.04. The van der Waals surface area contributed by atoms with Crippen LogP contribution in [0.1, 0.15) is 29.5 Å². The number of halogens is 1. The first-order valence-corrected chi connectivity index (χ1v) is 16.4. The van der Waals surface area contributed by atoms with Crippen molar-refractivity contribution in [2.24, 2.45) is 11.5 Å². The number of benzene rings is 2. The molecule has 0 unspecified atom stereocenters. The minimum Gasteiger partial charge on any atom is -0.361 e. The van der Waals surface area contributed by atoms with Crippen molar-refractivity contribution in [3.63, 3.8) is 0 Å². The minimum absolute atomic E-state index is 0.141. The van der Waals surface area contributed by atoms with Gasteiger partial charge in [0.05, 0.1) is 6.04 Å². The molecule has 5 rings (SSSR count). The van der Waals surface area contributed by atoms with Crippen LogP contribution >= 0.6 is 23.4 Å². The summed E-state index contributed by atoms with van der Waals surface area (Å²) in [5.41, 5.74) is 15.4. The molecule has 0 radical (unpaired) electrons. The second kappa shape index (κ2) is 15.6. The molecular weight excluding hydrogens is 624 g/mol. The molecule has 2 aromatic carbocycles. The first-order valence-electron chi connectivity index (χ1n) is 15.2. The van der Waals surface area contributed by atoms with Gasteiger partial charge >= 0.3 is 0 Å². The number of likely N-dealkylation sites (N-methyl/N-ethyl adjacent to an activating group) is 1. The highest BCUT2D eigenvalue weighted by Gasteiger charge is 2.33. The average Bonchev–Trinajstić information content (AvgIpc) is 3.48. The molecule has 0 aliphatic carbocycles. The molecule has 3 heterocycles. The van der Waals surface area contributed by atoms with E-state index in [1.54, 1.807) is 19.3 Å². The molecule has 4 aromatic rings. The van der Waals surface area contributed by atoms with Crippen LogP contribution in [-0.4, -0.2) is 70.9 Å². The number of pyridine rings is 1. The first kappa shape index (κ1) is 33.4. The molecule has 0 saturated heterocycles. The van der Waals surface area contributed by atoms with Gasteiger partial charge in [-0.05, 0) is 54.3 Å². The maximum atomic E-state index is 14.0. The van der Waals surface area contributed by atoms with Crippen molar-refractivity contribution in [3.8, 4) is 0 Å². The molecule has 0 saturated carbocycles. The van der Waals surface area contributed by atoms with Crippen LogP contribution in [0, 0.1) is 0 Å². The smallest absolute Gasteiger partial charge is 0.246 e. The summed E-state index contributed by atoms with van der Waals surface area (Å²) in [6, 6.07) is 14.8. The summed E-state index contributed by atoms with van der Waals surface area (Å²) in [6.07, 6.45) is 4.85. The Bertz CT molecular complexity index is 1700. The number of carbonyl (C=O) groups is 3. The van der Waals surface area contributed by atoms with Gasteiger partial charge in [0, 0.05) is 66.2 Å². The molecule has 13 heteroatoms. The summed E-state index contributed by atoms with van der Waals surface area (Å²) in [5, 5.41) is 10.5. The van der Waals surface area contributed by atoms with Crippen molar-refractivity contribution in [3.05, 3.63) is 88.8 Å². The van der Waals surface area contributed by atoms with Gasteiger partial charge in [-0.3, -0.25) is 14.4 Å². The van der Waals surface area contributed by atoms with E-state index in [-0.39, 0.29) is 31.3 Å². The number of para-hydroxylation sites is 1. The number of aromatic nitrogens is 2. The van der Waals surface area contributed by atoms with E-state index in [0.29, 0.717) is 31.1 Å². The first-order chi connectivity index (χ1) is 22.3. The second-order valence-corrected chi connectivity index (χ2v) is 12.7. The van der Waals surface area contributed by atoms with Gasteiger partial charge in [-0.15, -0.1) is 0 Å². The fraction of sp³-hybridized carbons (Fsp3) is 0.333. The van der Waals surface area contributed by atoms with Crippen molar-refractivity contribution in [1.29, 1.82) is 0 Å². The van der Waals surface area contributed by atoms with Gasteiger partial charge in [0.15, 0.2) is 0 Å².